The Morgan fingerprint density at radius 3 is 1.07 bits per heavy atom. The average Bonchev–Trinajstić information content (AvgIpc) is 3.26. The van der Waals surface area contributed by atoms with Crippen LogP contribution in [0.4, 0.5) is 0 Å². The van der Waals surface area contributed by atoms with Crippen molar-refractivity contribution in [1.29, 1.82) is 0 Å². The van der Waals surface area contributed by atoms with Crippen molar-refractivity contribution in [2.45, 2.75) is 271 Å². The van der Waals surface area contributed by atoms with Crippen molar-refractivity contribution in [2.75, 3.05) is 13.2 Å². The molecule has 0 aromatic carbocycles. The second kappa shape index (κ2) is 50.0. The fraction of sp³-hybridized carbons (Fsp3) is 0.800. The minimum Gasteiger partial charge on any atom is -0.462 e. The quantitative estimate of drug-likeness (QED) is 0.0263. The van der Waals surface area contributed by atoms with E-state index in [0.29, 0.717) is 19.3 Å². The molecule has 0 saturated carbocycles. The lowest BCUT2D eigenvalue weighted by Crippen LogP contribution is -2.30. The smallest absolute Gasteiger partial charge is 0.306 e. The van der Waals surface area contributed by atoms with Gasteiger partial charge in [0.05, 0.1) is 0 Å². The molecule has 354 valence electrons. The van der Waals surface area contributed by atoms with Crippen molar-refractivity contribution in [3.05, 3.63) is 48.6 Å². The predicted octanol–water partition coefficient (Wildman–Crippen LogP) is 17.1. The number of allylic oxidation sites excluding steroid dienone is 8. The molecule has 0 heterocycles. The van der Waals surface area contributed by atoms with Crippen LogP contribution in [0.3, 0.4) is 0 Å². The number of hydrogen-bond acceptors (Lipinski definition) is 6. The first kappa shape index (κ1) is 58.4. The Labute approximate surface area is 378 Å². The maximum atomic E-state index is 12.8. The first-order valence-corrected chi connectivity index (χ1v) is 26.1. The highest BCUT2D eigenvalue weighted by molar-refractivity contribution is 5.71. The maximum Gasteiger partial charge on any atom is 0.306 e. The van der Waals surface area contributed by atoms with Crippen molar-refractivity contribution < 1.29 is 28.6 Å². The summed E-state index contributed by atoms with van der Waals surface area (Å²) in [5.74, 6) is -0.883. The van der Waals surface area contributed by atoms with Gasteiger partial charge >= 0.3 is 17.9 Å². The summed E-state index contributed by atoms with van der Waals surface area (Å²) in [6, 6.07) is 0. The Morgan fingerprint density at radius 1 is 0.344 bits per heavy atom. The van der Waals surface area contributed by atoms with E-state index in [9.17, 15) is 14.4 Å². The molecule has 6 nitrogen and oxygen atoms in total. The van der Waals surface area contributed by atoms with E-state index in [0.717, 1.165) is 83.5 Å². The summed E-state index contributed by atoms with van der Waals surface area (Å²) in [5, 5.41) is 0. The summed E-state index contributed by atoms with van der Waals surface area (Å²) < 4.78 is 16.8. The molecule has 1 atom stereocenters. The van der Waals surface area contributed by atoms with E-state index >= 15 is 0 Å². The Bertz CT molecular complexity index is 1070. The minimum absolute atomic E-state index is 0.0763. The van der Waals surface area contributed by atoms with Gasteiger partial charge in [0, 0.05) is 19.3 Å². The van der Waals surface area contributed by atoms with Gasteiger partial charge in [0.1, 0.15) is 13.2 Å². The third kappa shape index (κ3) is 48.3. The first-order valence-electron chi connectivity index (χ1n) is 26.1. The van der Waals surface area contributed by atoms with E-state index in [-0.39, 0.29) is 31.1 Å². The number of ether oxygens (including phenoxy) is 3. The number of carbonyl (C=O) groups is 3. The van der Waals surface area contributed by atoms with Gasteiger partial charge in [-0.1, -0.05) is 223 Å². The van der Waals surface area contributed by atoms with Crippen LogP contribution >= 0.6 is 0 Å². The molecule has 0 aliphatic carbocycles. The summed E-state index contributed by atoms with van der Waals surface area (Å²) in [7, 11) is 0. The van der Waals surface area contributed by atoms with Crippen LogP contribution in [-0.2, 0) is 28.6 Å². The Morgan fingerprint density at radius 2 is 0.656 bits per heavy atom. The second-order valence-corrected chi connectivity index (χ2v) is 17.4. The monoisotopic (exact) mass is 855 g/mol. The number of rotatable bonds is 47. The Kier molecular flexibility index (Phi) is 47.9. The lowest BCUT2D eigenvalue weighted by atomic mass is 10.0. The van der Waals surface area contributed by atoms with Crippen LogP contribution < -0.4 is 0 Å². The molecular formula is C55H98O6. The van der Waals surface area contributed by atoms with E-state index in [4.69, 9.17) is 14.2 Å². The van der Waals surface area contributed by atoms with Crippen molar-refractivity contribution in [2.24, 2.45) is 0 Å². The molecule has 0 aliphatic heterocycles. The van der Waals surface area contributed by atoms with Gasteiger partial charge in [-0.15, -0.1) is 0 Å². The highest BCUT2D eigenvalue weighted by Crippen LogP contribution is 2.15. The van der Waals surface area contributed by atoms with Crippen LogP contribution in [0.25, 0.3) is 0 Å². The topological polar surface area (TPSA) is 78.9 Å². The van der Waals surface area contributed by atoms with Crippen molar-refractivity contribution in [3.63, 3.8) is 0 Å². The summed E-state index contributed by atoms with van der Waals surface area (Å²) in [6.45, 7) is 6.49. The predicted molar refractivity (Wildman–Crippen MR) is 261 cm³/mol. The zero-order valence-electron chi connectivity index (χ0n) is 40.4. The summed E-state index contributed by atoms with van der Waals surface area (Å²) in [6.07, 6.45) is 59.5. The van der Waals surface area contributed by atoms with Crippen LogP contribution in [0.2, 0.25) is 0 Å². The van der Waals surface area contributed by atoms with E-state index < -0.39 is 6.10 Å². The third-order valence-electron chi connectivity index (χ3n) is 11.3. The Balaban J connectivity index is 4.32. The number of esters is 3. The van der Waals surface area contributed by atoms with E-state index in [1.54, 1.807) is 0 Å². The number of unbranched alkanes of at least 4 members (excludes halogenated alkanes) is 28. The van der Waals surface area contributed by atoms with Crippen molar-refractivity contribution in [1.82, 2.24) is 0 Å². The highest BCUT2D eigenvalue weighted by Gasteiger charge is 2.19. The molecule has 0 aromatic heterocycles. The van der Waals surface area contributed by atoms with Gasteiger partial charge in [-0.3, -0.25) is 14.4 Å². The van der Waals surface area contributed by atoms with Gasteiger partial charge in [-0.05, 0) is 70.6 Å². The van der Waals surface area contributed by atoms with Crippen molar-refractivity contribution in [3.8, 4) is 0 Å². The molecule has 0 bridgehead atoms. The zero-order valence-corrected chi connectivity index (χ0v) is 40.4. The summed E-state index contributed by atoms with van der Waals surface area (Å²) in [4.78, 5) is 37.9. The standard InChI is InChI=1S/C55H98O6/c1-4-7-10-13-16-19-22-24-25-26-27-28-29-31-33-36-39-42-45-48-54(57)60-51-52(50-59-53(56)47-44-41-38-35-32-21-18-15-12-9-6-3)61-55(58)49-46-43-40-37-34-30-23-20-17-14-11-8-5-2/h7,10,15-16,18-19,24-25,52H,4-6,8-9,11-14,17,20-23,26-51H2,1-3H3/b10-7-,18-15-,19-16-,25-24-. The zero-order chi connectivity index (χ0) is 44.4. The van der Waals surface area contributed by atoms with Gasteiger partial charge in [0.2, 0.25) is 0 Å². The Hall–Kier alpha value is -2.63. The van der Waals surface area contributed by atoms with Crippen molar-refractivity contribution >= 4 is 17.9 Å². The molecule has 0 spiro atoms. The fourth-order valence-electron chi connectivity index (χ4n) is 7.38. The molecule has 0 radical (unpaired) electrons. The molecule has 0 saturated heterocycles. The SMILES string of the molecule is CC/C=C\C/C=C\C/C=C\CCCCCCCCCCCC(=O)OCC(COC(=O)CCCCCCC/C=C\CCCC)OC(=O)CCCCCCCCCCCCCCC. The van der Waals surface area contributed by atoms with Crippen LogP contribution in [0.15, 0.2) is 48.6 Å². The van der Waals surface area contributed by atoms with E-state index in [1.165, 1.54) is 141 Å². The van der Waals surface area contributed by atoms with Gasteiger partial charge < -0.3 is 14.2 Å². The van der Waals surface area contributed by atoms with E-state index in [2.05, 4.69) is 69.4 Å². The molecule has 1 unspecified atom stereocenters. The molecular weight excluding hydrogens is 757 g/mol. The highest BCUT2D eigenvalue weighted by atomic mass is 16.6. The van der Waals surface area contributed by atoms with Crippen LogP contribution in [0.5, 0.6) is 0 Å². The van der Waals surface area contributed by atoms with Gasteiger partial charge in [0.15, 0.2) is 6.10 Å². The third-order valence-corrected chi connectivity index (χ3v) is 11.3. The van der Waals surface area contributed by atoms with Crippen LogP contribution in [0, 0.1) is 0 Å². The largest absolute Gasteiger partial charge is 0.462 e. The fourth-order valence-corrected chi connectivity index (χ4v) is 7.38. The van der Waals surface area contributed by atoms with Gasteiger partial charge in [0.25, 0.3) is 0 Å². The molecule has 0 amide bonds. The molecule has 0 N–H and O–H groups in total. The molecule has 0 aromatic rings. The molecule has 6 heteroatoms. The van der Waals surface area contributed by atoms with Crippen LogP contribution in [0.1, 0.15) is 265 Å². The normalized spacial score (nSPS) is 12.4. The lowest BCUT2D eigenvalue weighted by molar-refractivity contribution is -0.167. The van der Waals surface area contributed by atoms with E-state index in [1.807, 2.05) is 0 Å². The summed E-state index contributed by atoms with van der Waals surface area (Å²) in [5.41, 5.74) is 0. The van der Waals surface area contributed by atoms with Crippen LogP contribution in [-0.4, -0.2) is 37.2 Å². The van der Waals surface area contributed by atoms with Gasteiger partial charge in [-0.25, -0.2) is 0 Å². The molecule has 0 fully saturated rings. The summed E-state index contributed by atoms with van der Waals surface area (Å²) >= 11 is 0. The minimum atomic E-state index is -0.774. The first-order chi connectivity index (χ1) is 30.0. The van der Waals surface area contributed by atoms with Gasteiger partial charge in [-0.2, -0.15) is 0 Å². The average molecular weight is 855 g/mol. The maximum absolute atomic E-state index is 12.8. The number of hydrogen-bond donors (Lipinski definition) is 0. The molecule has 0 rings (SSSR count). The number of carbonyl (C=O) groups excluding carboxylic acids is 3. The lowest BCUT2D eigenvalue weighted by Gasteiger charge is -2.18. The molecule has 61 heavy (non-hydrogen) atoms. The second-order valence-electron chi connectivity index (χ2n) is 17.4. The molecule has 0 aliphatic rings.